The van der Waals surface area contributed by atoms with E-state index in [1.165, 1.54) is 42.4 Å². The van der Waals surface area contributed by atoms with Crippen LogP contribution in [0.1, 0.15) is 48.8 Å². The van der Waals surface area contributed by atoms with Crippen molar-refractivity contribution in [2.24, 2.45) is 5.92 Å². The van der Waals surface area contributed by atoms with Crippen LogP contribution < -0.4 is 5.32 Å². The lowest BCUT2D eigenvalue weighted by Gasteiger charge is -2.11. The molecule has 2 heteroatoms. The number of hydrogen-bond acceptors (Lipinski definition) is 1. The number of carbonyl (C=O) groups is 1. The molecule has 0 bridgehead atoms. The molecule has 1 saturated carbocycles. The number of carbonyl (C=O) groups excluding carboxylic acids is 1. The average molecular weight is 245 g/mol. The van der Waals surface area contributed by atoms with E-state index in [-0.39, 0.29) is 5.91 Å². The van der Waals surface area contributed by atoms with E-state index < -0.39 is 0 Å². The molecule has 2 rings (SSSR count). The summed E-state index contributed by atoms with van der Waals surface area (Å²) in [5, 5.41) is 3.05. The van der Waals surface area contributed by atoms with Gasteiger partial charge in [-0.05, 0) is 43.7 Å². The van der Waals surface area contributed by atoms with Crippen molar-refractivity contribution < 1.29 is 4.79 Å². The van der Waals surface area contributed by atoms with Gasteiger partial charge in [0.05, 0.1) is 0 Å². The standard InChI is InChI=1S/C16H23NO/c1-12-7-8-15(13(2)9-12)11-17-16(18)10-14-5-3-4-6-14/h7-9,14H,3-6,10-11H2,1-2H3,(H,17,18). The van der Waals surface area contributed by atoms with Crippen LogP contribution in [0, 0.1) is 19.8 Å². The van der Waals surface area contributed by atoms with Gasteiger partial charge < -0.3 is 5.32 Å². The van der Waals surface area contributed by atoms with Crippen LogP contribution in [0.5, 0.6) is 0 Å². The highest BCUT2D eigenvalue weighted by Crippen LogP contribution is 2.27. The van der Waals surface area contributed by atoms with Crippen LogP contribution in [0.25, 0.3) is 0 Å². The minimum Gasteiger partial charge on any atom is -0.352 e. The zero-order chi connectivity index (χ0) is 13.0. The molecule has 1 amide bonds. The molecule has 0 aromatic heterocycles. The van der Waals surface area contributed by atoms with Gasteiger partial charge in [-0.1, -0.05) is 36.6 Å². The van der Waals surface area contributed by atoms with Gasteiger partial charge in [-0.15, -0.1) is 0 Å². The summed E-state index contributed by atoms with van der Waals surface area (Å²) in [4.78, 5) is 11.8. The van der Waals surface area contributed by atoms with Gasteiger partial charge in [-0.2, -0.15) is 0 Å². The van der Waals surface area contributed by atoms with E-state index in [2.05, 4.69) is 37.4 Å². The zero-order valence-electron chi connectivity index (χ0n) is 11.5. The van der Waals surface area contributed by atoms with Crippen LogP contribution >= 0.6 is 0 Å². The summed E-state index contributed by atoms with van der Waals surface area (Å²) in [5.74, 6) is 0.839. The smallest absolute Gasteiger partial charge is 0.220 e. The highest BCUT2D eigenvalue weighted by atomic mass is 16.1. The highest BCUT2D eigenvalue weighted by Gasteiger charge is 2.18. The van der Waals surface area contributed by atoms with E-state index in [9.17, 15) is 4.79 Å². The van der Waals surface area contributed by atoms with Crippen LogP contribution in [0.3, 0.4) is 0 Å². The topological polar surface area (TPSA) is 29.1 Å². The minimum absolute atomic E-state index is 0.210. The third-order valence-electron chi connectivity index (χ3n) is 3.92. The van der Waals surface area contributed by atoms with E-state index in [0.29, 0.717) is 18.9 Å². The Morgan fingerprint density at radius 2 is 2.00 bits per heavy atom. The largest absolute Gasteiger partial charge is 0.352 e. The lowest BCUT2D eigenvalue weighted by molar-refractivity contribution is -0.122. The van der Waals surface area contributed by atoms with Gasteiger partial charge in [0.15, 0.2) is 0 Å². The van der Waals surface area contributed by atoms with Crippen molar-refractivity contribution >= 4 is 5.91 Å². The molecular formula is C16H23NO. The molecule has 0 radical (unpaired) electrons. The fourth-order valence-electron chi connectivity index (χ4n) is 2.79. The normalized spacial score (nSPS) is 15.9. The Morgan fingerprint density at radius 3 is 2.67 bits per heavy atom. The molecule has 0 atom stereocenters. The van der Waals surface area contributed by atoms with Crippen molar-refractivity contribution in [1.29, 1.82) is 0 Å². The predicted molar refractivity (Wildman–Crippen MR) is 74.3 cm³/mol. The Morgan fingerprint density at radius 1 is 1.28 bits per heavy atom. The first-order valence-electron chi connectivity index (χ1n) is 6.98. The lowest BCUT2D eigenvalue weighted by Crippen LogP contribution is -2.24. The summed E-state index contributed by atoms with van der Waals surface area (Å²) in [5.41, 5.74) is 3.75. The number of hydrogen-bond donors (Lipinski definition) is 1. The molecule has 1 aromatic rings. The lowest BCUT2D eigenvalue weighted by atomic mass is 10.0. The molecule has 2 nitrogen and oxygen atoms in total. The average Bonchev–Trinajstić information content (AvgIpc) is 2.80. The van der Waals surface area contributed by atoms with Gasteiger partial charge in [0.2, 0.25) is 5.91 Å². The molecule has 18 heavy (non-hydrogen) atoms. The maximum Gasteiger partial charge on any atom is 0.220 e. The molecule has 0 spiro atoms. The fraction of sp³-hybridized carbons (Fsp3) is 0.562. The Kier molecular flexibility index (Phi) is 4.40. The predicted octanol–water partition coefficient (Wildman–Crippen LogP) is 3.50. The third-order valence-corrected chi connectivity index (χ3v) is 3.92. The quantitative estimate of drug-likeness (QED) is 0.864. The molecule has 1 fully saturated rings. The number of benzene rings is 1. The number of amides is 1. The summed E-state index contributed by atoms with van der Waals surface area (Å²) in [6, 6.07) is 6.38. The molecular weight excluding hydrogens is 222 g/mol. The summed E-state index contributed by atoms with van der Waals surface area (Å²) in [6.07, 6.45) is 5.78. The number of nitrogens with one attached hydrogen (secondary N) is 1. The van der Waals surface area contributed by atoms with E-state index in [0.717, 1.165) is 0 Å². The minimum atomic E-state index is 0.210. The van der Waals surface area contributed by atoms with Crippen molar-refractivity contribution in [3.63, 3.8) is 0 Å². The van der Waals surface area contributed by atoms with E-state index >= 15 is 0 Å². The first-order valence-corrected chi connectivity index (χ1v) is 6.98. The molecule has 0 saturated heterocycles. The first-order chi connectivity index (χ1) is 8.65. The second kappa shape index (κ2) is 6.03. The second-order valence-corrected chi connectivity index (χ2v) is 5.56. The second-order valence-electron chi connectivity index (χ2n) is 5.56. The van der Waals surface area contributed by atoms with Crippen LogP contribution in [-0.2, 0) is 11.3 Å². The van der Waals surface area contributed by atoms with Crippen LogP contribution in [0.2, 0.25) is 0 Å². The summed E-state index contributed by atoms with van der Waals surface area (Å²) in [7, 11) is 0. The van der Waals surface area contributed by atoms with Crippen molar-refractivity contribution in [2.45, 2.75) is 52.5 Å². The Bertz CT molecular complexity index is 419. The Balaban J connectivity index is 1.81. The monoisotopic (exact) mass is 245 g/mol. The Hall–Kier alpha value is -1.31. The first kappa shape index (κ1) is 13.1. The molecule has 1 aliphatic carbocycles. The molecule has 1 aliphatic rings. The molecule has 1 aromatic carbocycles. The van der Waals surface area contributed by atoms with E-state index in [4.69, 9.17) is 0 Å². The van der Waals surface area contributed by atoms with E-state index in [1.54, 1.807) is 0 Å². The van der Waals surface area contributed by atoms with Crippen LogP contribution in [-0.4, -0.2) is 5.91 Å². The van der Waals surface area contributed by atoms with Gasteiger partial charge in [0.1, 0.15) is 0 Å². The number of aryl methyl sites for hydroxylation is 2. The molecule has 1 N–H and O–H groups in total. The van der Waals surface area contributed by atoms with E-state index in [1.807, 2.05) is 0 Å². The van der Waals surface area contributed by atoms with Gasteiger partial charge in [0.25, 0.3) is 0 Å². The van der Waals surface area contributed by atoms with Gasteiger partial charge in [-0.25, -0.2) is 0 Å². The van der Waals surface area contributed by atoms with Crippen LogP contribution in [0.4, 0.5) is 0 Å². The van der Waals surface area contributed by atoms with Crippen molar-refractivity contribution in [1.82, 2.24) is 5.32 Å². The van der Waals surface area contributed by atoms with Crippen molar-refractivity contribution in [3.05, 3.63) is 34.9 Å². The third kappa shape index (κ3) is 3.59. The summed E-state index contributed by atoms with van der Waals surface area (Å²) in [6.45, 7) is 4.86. The zero-order valence-corrected chi connectivity index (χ0v) is 11.5. The van der Waals surface area contributed by atoms with Gasteiger partial charge in [0, 0.05) is 13.0 Å². The summed E-state index contributed by atoms with van der Waals surface area (Å²) >= 11 is 0. The van der Waals surface area contributed by atoms with Crippen molar-refractivity contribution in [3.8, 4) is 0 Å². The number of rotatable bonds is 4. The maximum absolute atomic E-state index is 11.8. The van der Waals surface area contributed by atoms with Gasteiger partial charge in [-0.3, -0.25) is 4.79 Å². The van der Waals surface area contributed by atoms with Crippen molar-refractivity contribution in [2.75, 3.05) is 0 Å². The molecule has 0 unspecified atom stereocenters. The summed E-state index contributed by atoms with van der Waals surface area (Å²) < 4.78 is 0. The molecule has 98 valence electrons. The fourth-order valence-corrected chi connectivity index (χ4v) is 2.79. The highest BCUT2D eigenvalue weighted by molar-refractivity contribution is 5.76. The molecule has 0 aliphatic heterocycles. The van der Waals surface area contributed by atoms with Gasteiger partial charge >= 0.3 is 0 Å². The molecule has 0 heterocycles. The SMILES string of the molecule is Cc1ccc(CNC(=O)CC2CCCC2)c(C)c1. The maximum atomic E-state index is 11.8. The Labute approximate surface area is 110 Å². The van der Waals surface area contributed by atoms with Crippen LogP contribution in [0.15, 0.2) is 18.2 Å².